The monoisotopic (exact) mass is 410 g/mol. The number of carbonyl (C=O) groups excluding carboxylic acids is 1. The molecule has 0 bridgehead atoms. The zero-order valence-electron chi connectivity index (χ0n) is 15.0. The molecule has 1 amide bonds. The van der Waals surface area contributed by atoms with Crippen LogP contribution in [0.4, 0.5) is 0 Å². The van der Waals surface area contributed by atoms with Crippen molar-refractivity contribution in [2.24, 2.45) is 5.10 Å². The lowest BCUT2D eigenvalue weighted by atomic mass is 10.2. The van der Waals surface area contributed by atoms with Gasteiger partial charge in [0.05, 0.1) is 32.1 Å². The zero-order valence-corrected chi connectivity index (χ0v) is 16.5. The molecule has 0 atom stereocenters. The maximum Gasteiger partial charge on any atom is 0.240 e. The standard InChI is InChI=1S/C19H20Cl2N2O4/c1-25-15-6-8-17(26-2)13(10-15)12-22-23-19(24)4-3-9-27-18-7-5-14(20)11-16(18)21/h5-8,10-12H,3-4,9H2,1-2H3,(H,23,24). The molecular formula is C19H20Cl2N2O4. The Labute approximate surface area is 168 Å². The quantitative estimate of drug-likeness (QED) is 0.379. The molecule has 144 valence electrons. The molecule has 0 unspecified atom stereocenters. The van der Waals surface area contributed by atoms with Gasteiger partial charge in [0.15, 0.2) is 0 Å². The predicted octanol–water partition coefficient (Wildman–Crippen LogP) is 4.32. The number of nitrogens with zero attached hydrogens (tertiary/aromatic N) is 1. The summed E-state index contributed by atoms with van der Waals surface area (Å²) in [7, 11) is 3.13. The lowest BCUT2D eigenvalue weighted by molar-refractivity contribution is -0.121. The van der Waals surface area contributed by atoms with Crippen LogP contribution in [0.2, 0.25) is 10.0 Å². The summed E-state index contributed by atoms with van der Waals surface area (Å²) < 4.78 is 15.9. The molecular weight excluding hydrogens is 391 g/mol. The molecule has 27 heavy (non-hydrogen) atoms. The van der Waals surface area contributed by atoms with E-state index < -0.39 is 0 Å². The molecule has 0 saturated heterocycles. The summed E-state index contributed by atoms with van der Waals surface area (Å²) in [6, 6.07) is 10.3. The molecule has 0 fully saturated rings. The highest BCUT2D eigenvalue weighted by molar-refractivity contribution is 6.35. The molecule has 6 nitrogen and oxygen atoms in total. The van der Waals surface area contributed by atoms with Gasteiger partial charge in [-0.1, -0.05) is 23.2 Å². The van der Waals surface area contributed by atoms with Crippen LogP contribution in [0.3, 0.4) is 0 Å². The van der Waals surface area contributed by atoms with E-state index >= 15 is 0 Å². The number of amides is 1. The molecule has 2 aromatic rings. The smallest absolute Gasteiger partial charge is 0.240 e. The second kappa shape index (κ2) is 10.6. The van der Waals surface area contributed by atoms with Crippen molar-refractivity contribution >= 4 is 35.3 Å². The number of hydrogen-bond donors (Lipinski definition) is 1. The number of rotatable bonds is 9. The molecule has 0 saturated carbocycles. The van der Waals surface area contributed by atoms with E-state index in [9.17, 15) is 4.79 Å². The Morgan fingerprint density at radius 2 is 1.89 bits per heavy atom. The van der Waals surface area contributed by atoms with Gasteiger partial charge in [-0.25, -0.2) is 5.43 Å². The van der Waals surface area contributed by atoms with Crippen molar-refractivity contribution < 1.29 is 19.0 Å². The number of hydrogen-bond acceptors (Lipinski definition) is 5. The molecule has 0 heterocycles. The fourth-order valence-corrected chi connectivity index (χ4v) is 2.64. The molecule has 0 spiro atoms. The lowest BCUT2D eigenvalue weighted by Gasteiger charge is -2.08. The molecule has 1 N–H and O–H groups in total. The average Bonchev–Trinajstić information content (AvgIpc) is 2.66. The average molecular weight is 411 g/mol. The minimum Gasteiger partial charge on any atom is -0.497 e. The van der Waals surface area contributed by atoms with Gasteiger partial charge in [0.2, 0.25) is 5.91 Å². The Balaban J connectivity index is 1.77. The van der Waals surface area contributed by atoms with E-state index in [1.807, 2.05) is 0 Å². The van der Waals surface area contributed by atoms with E-state index in [0.717, 1.165) is 0 Å². The maximum atomic E-state index is 11.9. The number of nitrogens with one attached hydrogen (secondary N) is 1. The molecule has 0 radical (unpaired) electrons. The van der Waals surface area contributed by atoms with E-state index in [-0.39, 0.29) is 12.3 Å². The van der Waals surface area contributed by atoms with Gasteiger partial charge in [-0.3, -0.25) is 4.79 Å². The summed E-state index contributed by atoms with van der Waals surface area (Å²) >= 11 is 11.8. The molecule has 0 aromatic heterocycles. The Kier molecular flexibility index (Phi) is 8.23. The van der Waals surface area contributed by atoms with Gasteiger partial charge in [-0.2, -0.15) is 5.10 Å². The first-order valence-electron chi connectivity index (χ1n) is 8.15. The van der Waals surface area contributed by atoms with Gasteiger partial charge in [0.25, 0.3) is 0 Å². The van der Waals surface area contributed by atoms with Crippen LogP contribution < -0.4 is 19.6 Å². The predicted molar refractivity (Wildman–Crippen MR) is 106 cm³/mol. The number of ether oxygens (including phenoxy) is 3. The Morgan fingerprint density at radius 1 is 1.11 bits per heavy atom. The van der Waals surface area contributed by atoms with Gasteiger partial charge in [0.1, 0.15) is 17.2 Å². The van der Waals surface area contributed by atoms with Gasteiger partial charge in [0, 0.05) is 17.0 Å². The van der Waals surface area contributed by atoms with Gasteiger partial charge in [-0.05, 0) is 42.8 Å². The van der Waals surface area contributed by atoms with E-state index in [1.165, 1.54) is 6.21 Å². The number of halogens is 2. The third kappa shape index (κ3) is 6.66. The summed E-state index contributed by atoms with van der Waals surface area (Å²) in [4.78, 5) is 11.9. The third-order valence-corrected chi connectivity index (χ3v) is 4.06. The SMILES string of the molecule is COc1ccc(OC)c(C=NNC(=O)CCCOc2ccc(Cl)cc2Cl)c1. The number of methoxy groups -OCH3 is 2. The summed E-state index contributed by atoms with van der Waals surface area (Å²) in [5.41, 5.74) is 3.16. The minimum absolute atomic E-state index is 0.223. The highest BCUT2D eigenvalue weighted by Crippen LogP contribution is 2.27. The van der Waals surface area contributed by atoms with Crippen LogP contribution in [0, 0.1) is 0 Å². The molecule has 0 aliphatic carbocycles. The third-order valence-electron chi connectivity index (χ3n) is 3.53. The summed E-state index contributed by atoms with van der Waals surface area (Å²) in [5.74, 6) is 1.60. The van der Waals surface area contributed by atoms with Crippen molar-refractivity contribution in [2.45, 2.75) is 12.8 Å². The van der Waals surface area contributed by atoms with E-state index in [4.69, 9.17) is 37.4 Å². The second-order valence-corrected chi connectivity index (χ2v) is 6.27. The number of carbonyl (C=O) groups is 1. The van der Waals surface area contributed by atoms with Crippen LogP contribution in [0.25, 0.3) is 0 Å². The van der Waals surface area contributed by atoms with E-state index in [2.05, 4.69) is 10.5 Å². The summed E-state index contributed by atoms with van der Waals surface area (Å²) in [6.07, 6.45) is 2.28. The maximum absolute atomic E-state index is 11.9. The molecule has 8 heteroatoms. The van der Waals surface area contributed by atoms with Crippen molar-refractivity contribution in [1.29, 1.82) is 0 Å². The highest BCUT2D eigenvalue weighted by atomic mass is 35.5. The Morgan fingerprint density at radius 3 is 2.59 bits per heavy atom. The number of hydrazone groups is 1. The van der Waals surface area contributed by atoms with Crippen molar-refractivity contribution in [3.63, 3.8) is 0 Å². The lowest BCUT2D eigenvalue weighted by Crippen LogP contribution is -2.18. The van der Waals surface area contributed by atoms with Crippen molar-refractivity contribution in [2.75, 3.05) is 20.8 Å². The van der Waals surface area contributed by atoms with E-state index in [0.29, 0.717) is 45.9 Å². The van der Waals surface area contributed by atoms with Crippen molar-refractivity contribution in [3.05, 3.63) is 52.0 Å². The second-order valence-electron chi connectivity index (χ2n) is 5.43. The fraction of sp³-hybridized carbons (Fsp3) is 0.263. The van der Waals surface area contributed by atoms with Crippen LogP contribution in [-0.2, 0) is 4.79 Å². The molecule has 0 aliphatic rings. The van der Waals surface area contributed by atoms with Crippen LogP contribution >= 0.6 is 23.2 Å². The topological polar surface area (TPSA) is 69.2 Å². The van der Waals surface area contributed by atoms with Gasteiger partial charge >= 0.3 is 0 Å². The molecule has 2 aromatic carbocycles. The first-order chi connectivity index (χ1) is 13.0. The minimum atomic E-state index is -0.223. The fourth-order valence-electron chi connectivity index (χ4n) is 2.18. The zero-order chi connectivity index (χ0) is 19.6. The van der Waals surface area contributed by atoms with Gasteiger partial charge in [-0.15, -0.1) is 0 Å². The first-order valence-corrected chi connectivity index (χ1v) is 8.91. The van der Waals surface area contributed by atoms with E-state index in [1.54, 1.807) is 50.6 Å². The Bertz CT molecular complexity index is 812. The normalized spacial score (nSPS) is 10.7. The number of benzene rings is 2. The largest absolute Gasteiger partial charge is 0.497 e. The Hall–Kier alpha value is -2.44. The summed E-state index contributed by atoms with van der Waals surface area (Å²) in [6.45, 7) is 0.349. The van der Waals surface area contributed by atoms with Gasteiger partial charge < -0.3 is 14.2 Å². The van der Waals surface area contributed by atoms with Crippen LogP contribution in [0.1, 0.15) is 18.4 Å². The molecule has 0 aliphatic heterocycles. The van der Waals surface area contributed by atoms with Crippen LogP contribution in [0.15, 0.2) is 41.5 Å². The highest BCUT2D eigenvalue weighted by Gasteiger charge is 2.05. The van der Waals surface area contributed by atoms with Crippen LogP contribution in [0.5, 0.6) is 17.2 Å². The van der Waals surface area contributed by atoms with Crippen LogP contribution in [-0.4, -0.2) is 32.9 Å². The first kappa shape index (κ1) is 20.9. The van der Waals surface area contributed by atoms with Crippen molar-refractivity contribution in [1.82, 2.24) is 5.43 Å². The summed E-state index contributed by atoms with van der Waals surface area (Å²) in [5, 5.41) is 4.92. The molecule has 2 rings (SSSR count). The van der Waals surface area contributed by atoms with Crippen molar-refractivity contribution in [3.8, 4) is 17.2 Å².